The van der Waals surface area contributed by atoms with Gasteiger partial charge in [-0.05, 0) is 24.0 Å². The first kappa shape index (κ1) is 15.8. The topological polar surface area (TPSA) is 43.9 Å². The van der Waals surface area contributed by atoms with Gasteiger partial charge in [-0.1, -0.05) is 32.0 Å². The smallest absolute Gasteiger partial charge is 0.319 e. The van der Waals surface area contributed by atoms with Crippen molar-refractivity contribution in [1.82, 2.24) is 9.80 Å². The maximum Gasteiger partial charge on any atom is 0.319 e. The molecule has 23 heavy (non-hydrogen) atoms. The molecule has 2 aliphatic heterocycles. The minimum atomic E-state index is -0.558. The Hall–Kier alpha value is -2.04. The van der Waals surface area contributed by atoms with Crippen molar-refractivity contribution in [2.75, 3.05) is 38.6 Å². The summed E-state index contributed by atoms with van der Waals surface area (Å²) in [6.45, 7) is 6.08. The lowest BCUT2D eigenvalue weighted by Crippen LogP contribution is -2.45. The van der Waals surface area contributed by atoms with Gasteiger partial charge in [0.1, 0.15) is 0 Å². The van der Waals surface area contributed by atoms with E-state index in [1.54, 1.807) is 23.9 Å². The van der Waals surface area contributed by atoms with Crippen LogP contribution in [0.4, 0.5) is 10.5 Å². The van der Waals surface area contributed by atoms with Crippen molar-refractivity contribution < 1.29 is 9.59 Å². The van der Waals surface area contributed by atoms with E-state index < -0.39 is 5.41 Å². The first-order valence-electron chi connectivity index (χ1n) is 8.24. The molecular weight excluding hydrogens is 290 g/mol. The molecule has 2 heterocycles. The zero-order valence-corrected chi connectivity index (χ0v) is 14.4. The second-order valence-electron chi connectivity index (χ2n) is 7.26. The Morgan fingerprint density at radius 3 is 2.65 bits per heavy atom. The number of carbonyl (C=O) groups excluding carboxylic acids is 2. The molecule has 0 saturated carbocycles. The summed E-state index contributed by atoms with van der Waals surface area (Å²) in [4.78, 5) is 30.8. The number of likely N-dealkylation sites (tertiary alicyclic amines) is 1. The summed E-state index contributed by atoms with van der Waals surface area (Å²) in [5.74, 6) is 0.560. The zero-order valence-electron chi connectivity index (χ0n) is 14.4. The monoisotopic (exact) mass is 315 g/mol. The molecule has 2 aliphatic rings. The Morgan fingerprint density at radius 1 is 1.30 bits per heavy atom. The molecule has 5 heteroatoms. The largest absolute Gasteiger partial charge is 0.331 e. The molecule has 0 radical (unpaired) electrons. The molecular formula is C18H25N3O2. The molecule has 1 spiro atoms. The maximum atomic E-state index is 13.2. The number of rotatable bonds is 2. The van der Waals surface area contributed by atoms with Crippen LogP contribution in [-0.2, 0) is 10.2 Å². The Morgan fingerprint density at radius 2 is 2.00 bits per heavy atom. The molecule has 1 atom stereocenters. The van der Waals surface area contributed by atoms with Crippen LogP contribution in [0.3, 0.4) is 0 Å². The predicted molar refractivity (Wildman–Crippen MR) is 90.6 cm³/mol. The van der Waals surface area contributed by atoms with Crippen molar-refractivity contribution in [3.05, 3.63) is 29.8 Å². The average Bonchev–Trinajstić information content (AvgIpc) is 3.04. The van der Waals surface area contributed by atoms with E-state index in [-0.39, 0.29) is 11.9 Å². The van der Waals surface area contributed by atoms with Crippen LogP contribution < -0.4 is 4.90 Å². The number of hydrogen-bond donors (Lipinski definition) is 0. The molecule has 1 unspecified atom stereocenters. The Kier molecular flexibility index (Phi) is 3.82. The van der Waals surface area contributed by atoms with Gasteiger partial charge in [0, 0.05) is 39.4 Å². The van der Waals surface area contributed by atoms with E-state index in [1.165, 1.54) is 0 Å². The lowest BCUT2D eigenvalue weighted by Gasteiger charge is -2.26. The third-order valence-electron chi connectivity index (χ3n) is 4.84. The van der Waals surface area contributed by atoms with E-state index in [9.17, 15) is 9.59 Å². The Balaban J connectivity index is 1.97. The summed E-state index contributed by atoms with van der Waals surface area (Å²) in [7, 11) is 3.51. The fourth-order valence-corrected chi connectivity index (χ4v) is 3.79. The highest BCUT2D eigenvalue weighted by atomic mass is 16.2. The highest BCUT2D eigenvalue weighted by Crippen LogP contribution is 2.47. The van der Waals surface area contributed by atoms with Crippen LogP contribution >= 0.6 is 0 Å². The Bertz CT molecular complexity index is 641. The number of carbonyl (C=O) groups is 2. The zero-order chi connectivity index (χ0) is 16.8. The number of amides is 3. The number of urea groups is 1. The molecule has 0 N–H and O–H groups in total. The predicted octanol–water partition coefficient (Wildman–Crippen LogP) is 2.31. The van der Waals surface area contributed by atoms with Crippen LogP contribution in [0.1, 0.15) is 25.8 Å². The van der Waals surface area contributed by atoms with Crippen molar-refractivity contribution in [2.45, 2.75) is 25.7 Å². The van der Waals surface area contributed by atoms with Crippen molar-refractivity contribution in [2.24, 2.45) is 5.92 Å². The molecule has 1 aromatic rings. The maximum absolute atomic E-state index is 13.2. The van der Waals surface area contributed by atoms with Gasteiger partial charge in [-0.2, -0.15) is 0 Å². The standard InChI is InChI=1S/C18H25N3O2/c1-13(2)11-21-15-8-6-5-7-14(15)18(16(21)22)9-10-20(12-18)17(23)19(3)4/h5-8,13H,9-12H2,1-4H3. The van der Waals surface area contributed by atoms with Crippen LogP contribution in [-0.4, -0.2) is 55.5 Å². The minimum absolute atomic E-state index is 0.0190. The first-order valence-corrected chi connectivity index (χ1v) is 8.24. The molecule has 3 amide bonds. The summed E-state index contributed by atoms with van der Waals surface area (Å²) >= 11 is 0. The minimum Gasteiger partial charge on any atom is -0.331 e. The Labute approximate surface area is 137 Å². The normalized spacial score (nSPS) is 23.1. The average molecular weight is 315 g/mol. The third-order valence-corrected chi connectivity index (χ3v) is 4.84. The molecule has 1 aromatic carbocycles. The van der Waals surface area contributed by atoms with Crippen molar-refractivity contribution >= 4 is 17.6 Å². The van der Waals surface area contributed by atoms with Crippen molar-refractivity contribution in [3.8, 4) is 0 Å². The summed E-state index contributed by atoms with van der Waals surface area (Å²) < 4.78 is 0. The van der Waals surface area contributed by atoms with Gasteiger partial charge in [-0.3, -0.25) is 4.79 Å². The molecule has 0 aliphatic carbocycles. The van der Waals surface area contributed by atoms with E-state index >= 15 is 0 Å². The van der Waals surface area contributed by atoms with Crippen LogP contribution in [0.2, 0.25) is 0 Å². The van der Waals surface area contributed by atoms with Crippen LogP contribution in [0.5, 0.6) is 0 Å². The third kappa shape index (κ3) is 2.38. The summed E-state index contributed by atoms with van der Waals surface area (Å²) in [5.41, 5.74) is 1.54. The molecule has 0 bridgehead atoms. The second-order valence-corrected chi connectivity index (χ2v) is 7.26. The SMILES string of the molecule is CC(C)CN1C(=O)C2(CCN(C(=O)N(C)C)C2)c2ccccc21. The van der Waals surface area contributed by atoms with E-state index in [4.69, 9.17) is 0 Å². The van der Waals surface area contributed by atoms with Gasteiger partial charge in [0.25, 0.3) is 0 Å². The molecule has 5 nitrogen and oxygen atoms in total. The lowest BCUT2D eigenvalue weighted by atomic mass is 9.81. The van der Waals surface area contributed by atoms with Gasteiger partial charge >= 0.3 is 6.03 Å². The molecule has 1 saturated heterocycles. The first-order chi connectivity index (χ1) is 10.9. The van der Waals surface area contributed by atoms with E-state index in [1.807, 2.05) is 23.1 Å². The number of anilines is 1. The van der Waals surface area contributed by atoms with Crippen LogP contribution in [0.15, 0.2) is 24.3 Å². The molecule has 3 rings (SSSR count). The summed E-state index contributed by atoms with van der Waals surface area (Å²) in [5, 5.41) is 0. The van der Waals surface area contributed by atoms with E-state index in [0.29, 0.717) is 25.4 Å². The van der Waals surface area contributed by atoms with Gasteiger partial charge in [-0.25, -0.2) is 4.79 Å². The van der Waals surface area contributed by atoms with Gasteiger partial charge in [0.2, 0.25) is 5.91 Å². The quantitative estimate of drug-likeness (QED) is 0.840. The fraction of sp³-hybridized carbons (Fsp3) is 0.556. The summed E-state index contributed by atoms with van der Waals surface area (Å²) in [6.07, 6.45) is 0.705. The second kappa shape index (κ2) is 5.55. The highest BCUT2D eigenvalue weighted by molar-refractivity contribution is 6.09. The van der Waals surface area contributed by atoms with Crippen LogP contribution in [0.25, 0.3) is 0 Å². The highest BCUT2D eigenvalue weighted by Gasteiger charge is 2.55. The number of benzene rings is 1. The molecule has 0 aromatic heterocycles. The van der Waals surface area contributed by atoms with Gasteiger partial charge < -0.3 is 14.7 Å². The molecule has 124 valence electrons. The van der Waals surface area contributed by atoms with Gasteiger partial charge in [0.05, 0.1) is 5.41 Å². The van der Waals surface area contributed by atoms with Gasteiger partial charge in [0.15, 0.2) is 0 Å². The van der Waals surface area contributed by atoms with Crippen LogP contribution in [0, 0.1) is 5.92 Å². The number of hydrogen-bond acceptors (Lipinski definition) is 2. The number of para-hydroxylation sites is 1. The van der Waals surface area contributed by atoms with Gasteiger partial charge in [-0.15, -0.1) is 0 Å². The van der Waals surface area contributed by atoms with E-state index in [0.717, 1.165) is 17.8 Å². The fourth-order valence-electron chi connectivity index (χ4n) is 3.79. The van der Waals surface area contributed by atoms with Crippen molar-refractivity contribution in [1.29, 1.82) is 0 Å². The summed E-state index contributed by atoms with van der Waals surface area (Å²) in [6, 6.07) is 8.03. The molecule has 1 fully saturated rings. The number of nitrogens with zero attached hydrogens (tertiary/aromatic N) is 3. The van der Waals surface area contributed by atoms with E-state index in [2.05, 4.69) is 19.9 Å². The number of fused-ring (bicyclic) bond motifs is 2. The lowest BCUT2D eigenvalue weighted by molar-refractivity contribution is -0.122. The van der Waals surface area contributed by atoms with Crippen molar-refractivity contribution in [3.63, 3.8) is 0 Å².